The van der Waals surface area contributed by atoms with Gasteiger partial charge in [0.25, 0.3) is 0 Å². The normalized spacial score (nSPS) is 12.5. The van der Waals surface area contributed by atoms with Crippen molar-refractivity contribution < 1.29 is 4.43 Å². The van der Waals surface area contributed by atoms with Gasteiger partial charge in [-0.3, -0.25) is 0 Å². The van der Waals surface area contributed by atoms with Crippen molar-refractivity contribution in [2.24, 2.45) is 0 Å². The van der Waals surface area contributed by atoms with Crippen LogP contribution in [0.5, 0.6) is 0 Å². The summed E-state index contributed by atoms with van der Waals surface area (Å²) in [7, 11) is -1.56. The molecule has 0 radical (unpaired) electrons. The Kier molecular flexibility index (Phi) is 7.19. The van der Waals surface area contributed by atoms with Crippen LogP contribution in [0, 0.1) is 0 Å². The third kappa shape index (κ3) is 4.11. The Hall–Kier alpha value is -0.0831. The predicted molar refractivity (Wildman–Crippen MR) is 71.8 cm³/mol. The quantitative estimate of drug-likeness (QED) is 0.430. The molecule has 0 atom stereocenters. The van der Waals surface area contributed by atoms with E-state index in [4.69, 9.17) is 4.43 Å². The van der Waals surface area contributed by atoms with Gasteiger partial charge in [-0.15, -0.1) is 6.58 Å². The van der Waals surface area contributed by atoms with Gasteiger partial charge in [0.2, 0.25) is 0 Å². The molecule has 0 bridgehead atoms. The molecule has 90 valence electrons. The average Bonchev–Trinajstić information content (AvgIpc) is 2.17. The number of hydrogen-bond acceptors (Lipinski definition) is 1. The maximum atomic E-state index is 6.22. The molecule has 0 unspecified atom stereocenters. The number of unbranched alkanes of at least 4 members (excludes halogenated alkanes) is 1. The highest BCUT2D eigenvalue weighted by Gasteiger charge is 2.40. The molecule has 0 aliphatic heterocycles. The first-order valence-electron chi connectivity index (χ1n) is 6.26. The number of hydrogen-bond donors (Lipinski definition) is 0. The first-order valence-corrected chi connectivity index (χ1v) is 8.53. The zero-order valence-corrected chi connectivity index (χ0v) is 12.2. The molecule has 0 aliphatic rings. The summed E-state index contributed by atoms with van der Waals surface area (Å²) >= 11 is 0. The van der Waals surface area contributed by atoms with Crippen LogP contribution in [0.1, 0.15) is 47.5 Å². The topological polar surface area (TPSA) is 9.23 Å². The van der Waals surface area contributed by atoms with Crippen molar-refractivity contribution >= 4 is 8.32 Å². The fourth-order valence-corrected chi connectivity index (χ4v) is 6.95. The van der Waals surface area contributed by atoms with E-state index in [1.54, 1.807) is 0 Å². The highest BCUT2D eigenvalue weighted by Crippen LogP contribution is 2.38. The van der Waals surface area contributed by atoms with E-state index in [1.807, 2.05) is 6.08 Å². The standard InChI is InChI=1S/C13H28OSi/c1-7-9-11-15(12(3)4,13(5)6)14-10-8-2/h8,12-13H,2,7,9-11H2,1,3-6H3. The minimum atomic E-state index is -1.56. The van der Waals surface area contributed by atoms with E-state index >= 15 is 0 Å². The summed E-state index contributed by atoms with van der Waals surface area (Å²) in [5.41, 5.74) is 1.40. The molecular weight excluding hydrogens is 200 g/mol. The lowest BCUT2D eigenvalue weighted by Gasteiger charge is -2.38. The molecular formula is C13H28OSi. The van der Waals surface area contributed by atoms with Gasteiger partial charge in [-0.25, -0.2) is 0 Å². The zero-order valence-electron chi connectivity index (χ0n) is 11.2. The summed E-state index contributed by atoms with van der Waals surface area (Å²) < 4.78 is 6.22. The van der Waals surface area contributed by atoms with Crippen LogP contribution in [0.2, 0.25) is 17.1 Å². The van der Waals surface area contributed by atoms with Crippen LogP contribution in [-0.2, 0) is 4.43 Å². The third-order valence-electron chi connectivity index (χ3n) is 3.35. The molecule has 0 amide bonds. The van der Waals surface area contributed by atoms with Crippen molar-refractivity contribution in [2.45, 2.75) is 64.6 Å². The first kappa shape index (κ1) is 14.9. The van der Waals surface area contributed by atoms with Crippen molar-refractivity contribution in [2.75, 3.05) is 6.61 Å². The second-order valence-corrected chi connectivity index (χ2v) is 9.98. The van der Waals surface area contributed by atoms with E-state index in [2.05, 4.69) is 41.2 Å². The second kappa shape index (κ2) is 7.23. The highest BCUT2D eigenvalue weighted by atomic mass is 28.4. The van der Waals surface area contributed by atoms with Crippen LogP contribution >= 0.6 is 0 Å². The minimum Gasteiger partial charge on any atom is -0.413 e. The first-order chi connectivity index (χ1) is 7.01. The zero-order chi connectivity index (χ0) is 11.9. The van der Waals surface area contributed by atoms with Gasteiger partial charge in [0.05, 0.1) is 6.61 Å². The van der Waals surface area contributed by atoms with E-state index < -0.39 is 8.32 Å². The Morgan fingerprint density at radius 3 is 2.07 bits per heavy atom. The Bertz CT molecular complexity index is 167. The molecule has 0 heterocycles. The Labute approximate surface area is 97.0 Å². The molecule has 1 nitrogen and oxygen atoms in total. The maximum Gasteiger partial charge on any atom is 0.198 e. The van der Waals surface area contributed by atoms with Crippen LogP contribution in [0.4, 0.5) is 0 Å². The predicted octanol–water partition coefficient (Wildman–Crippen LogP) is 4.75. The third-order valence-corrected chi connectivity index (χ3v) is 9.09. The van der Waals surface area contributed by atoms with E-state index in [1.165, 1.54) is 18.9 Å². The fraction of sp³-hybridized carbons (Fsp3) is 0.846. The van der Waals surface area contributed by atoms with Gasteiger partial charge >= 0.3 is 0 Å². The summed E-state index contributed by atoms with van der Waals surface area (Å²) in [5.74, 6) is 0. The van der Waals surface area contributed by atoms with Crippen molar-refractivity contribution in [1.29, 1.82) is 0 Å². The molecule has 0 saturated heterocycles. The van der Waals surface area contributed by atoms with Crippen LogP contribution in [0.25, 0.3) is 0 Å². The summed E-state index contributed by atoms with van der Waals surface area (Å²) in [5, 5.41) is 0. The summed E-state index contributed by atoms with van der Waals surface area (Å²) in [6.45, 7) is 16.0. The van der Waals surface area contributed by atoms with Crippen molar-refractivity contribution in [1.82, 2.24) is 0 Å². The lowest BCUT2D eigenvalue weighted by Crippen LogP contribution is -2.44. The van der Waals surface area contributed by atoms with Crippen molar-refractivity contribution in [3.05, 3.63) is 12.7 Å². The van der Waals surface area contributed by atoms with Crippen LogP contribution in [0.3, 0.4) is 0 Å². The van der Waals surface area contributed by atoms with E-state index in [9.17, 15) is 0 Å². The SMILES string of the molecule is C=CCO[Si](CCCC)(C(C)C)C(C)C. The molecule has 0 aliphatic carbocycles. The smallest absolute Gasteiger partial charge is 0.198 e. The highest BCUT2D eigenvalue weighted by molar-refractivity contribution is 6.76. The van der Waals surface area contributed by atoms with E-state index in [0.29, 0.717) is 11.1 Å². The largest absolute Gasteiger partial charge is 0.413 e. The minimum absolute atomic E-state index is 0.698. The molecule has 0 N–H and O–H groups in total. The molecule has 15 heavy (non-hydrogen) atoms. The Morgan fingerprint density at radius 2 is 1.73 bits per heavy atom. The second-order valence-electron chi connectivity index (χ2n) is 4.97. The fourth-order valence-electron chi connectivity index (χ4n) is 2.32. The summed E-state index contributed by atoms with van der Waals surface area (Å²) in [4.78, 5) is 0. The summed E-state index contributed by atoms with van der Waals surface area (Å²) in [6.07, 6.45) is 4.46. The van der Waals surface area contributed by atoms with E-state index in [-0.39, 0.29) is 0 Å². The van der Waals surface area contributed by atoms with Crippen molar-refractivity contribution in [3.8, 4) is 0 Å². The van der Waals surface area contributed by atoms with Gasteiger partial charge in [0.15, 0.2) is 8.32 Å². The van der Waals surface area contributed by atoms with Crippen LogP contribution in [0.15, 0.2) is 12.7 Å². The number of rotatable bonds is 8. The molecule has 0 saturated carbocycles. The Balaban J connectivity index is 4.64. The van der Waals surface area contributed by atoms with Gasteiger partial charge in [-0.2, -0.15) is 0 Å². The van der Waals surface area contributed by atoms with Gasteiger partial charge in [-0.05, 0) is 17.1 Å². The molecule has 2 heteroatoms. The molecule has 0 aromatic heterocycles. The monoisotopic (exact) mass is 228 g/mol. The average molecular weight is 228 g/mol. The maximum absolute atomic E-state index is 6.22. The lowest BCUT2D eigenvalue weighted by atomic mass is 10.4. The van der Waals surface area contributed by atoms with Gasteiger partial charge in [0, 0.05) is 0 Å². The van der Waals surface area contributed by atoms with Gasteiger partial charge in [0.1, 0.15) is 0 Å². The summed E-state index contributed by atoms with van der Waals surface area (Å²) in [6, 6.07) is 1.30. The lowest BCUT2D eigenvalue weighted by molar-refractivity contribution is 0.323. The molecule has 0 aromatic carbocycles. The van der Waals surface area contributed by atoms with Gasteiger partial charge < -0.3 is 4.43 Å². The van der Waals surface area contributed by atoms with Crippen LogP contribution < -0.4 is 0 Å². The van der Waals surface area contributed by atoms with E-state index in [0.717, 1.165) is 6.61 Å². The van der Waals surface area contributed by atoms with Crippen LogP contribution in [-0.4, -0.2) is 14.9 Å². The molecule has 0 aromatic rings. The molecule has 0 fully saturated rings. The molecule has 0 spiro atoms. The molecule has 0 rings (SSSR count). The van der Waals surface area contributed by atoms with Crippen molar-refractivity contribution in [3.63, 3.8) is 0 Å². The Morgan fingerprint density at radius 1 is 1.20 bits per heavy atom. The van der Waals surface area contributed by atoms with Gasteiger partial charge in [-0.1, -0.05) is 53.5 Å².